The van der Waals surface area contributed by atoms with Crippen LogP contribution in [0.25, 0.3) is 0 Å². The molecule has 0 aliphatic carbocycles. The molecular formula is C20H26N2O4. The monoisotopic (exact) mass is 358 g/mol. The highest BCUT2D eigenvalue weighted by molar-refractivity contribution is 5.93. The Labute approximate surface area is 154 Å². The van der Waals surface area contributed by atoms with E-state index < -0.39 is 11.7 Å². The number of nitrogens with one attached hydrogen (secondary N) is 1. The van der Waals surface area contributed by atoms with Gasteiger partial charge in [0.25, 0.3) is 0 Å². The average Bonchev–Trinajstić information content (AvgIpc) is 3.05. The fourth-order valence-corrected chi connectivity index (χ4v) is 2.33. The molecule has 0 unspecified atom stereocenters. The van der Waals surface area contributed by atoms with E-state index in [4.69, 9.17) is 9.15 Å². The molecule has 0 aliphatic heterocycles. The van der Waals surface area contributed by atoms with Crippen LogP contribution in [0.5, 0.6) is 0 Å². The number of alkyl carbamates (subject to hydrolysis) is 1. The summed E-state index contributed by atoms with van der Waals surface area (Å²) in [4.78, 5) is 26.1. The molecule has 2 amide bonds. The molecule has 0 saturated carbocycles. The van der Waals surface area contributed by atoms with Gasteiger partial charge in [-0.05, 0) is 52.0 Å². The molecule has 26 heavy (non-hydrogen) atoms. The Hall–Kier alpha value is -2.76. The molecule has 1 N–H and O–H groups in total. The third-order valence-corrected chi connectivity index (χ3v) is 3.55. The molecule has 0 saturated heterocycles. The van der Waals surface area contributed by atoms with Crippen molar-refractivity contribution in [1.29, 1.82) is 0 Å². The van der Waals surface area contributed by atoms with Crippen molar-refractivity contribution in [3.63, 3.8) is 0 Å². The maximum absolute atomic E-state index is 12.7. The van der Waals surface area contributed by atoms with E-state index in [1.807, 2.05) is 37.3 Å². The van der Waals surface area contributed by atoms with Crippen molar-refractivity contribution in [3.8, 4) is 0 Å². The summed E-state index contributed by atoms with van der Waals surface area (Å²) in [6.45, 7) is 7.91. The minimum absolute atomic E-state index is 0.110. The van der Waals surface area contributed by atoms with Crippen LogP contribution in [0.2, 0.25) is 0 Å². The van der Waals surface area contributed by atoms with E-state index in [1.165, 1.54) is 0 Å². The number of anilines is 1. The van der Waals surface area contributed by atoms with Gasteiger partial charge in [0.15, 0.2) is 0 Å². The van der Waals surface area contributed by atoms with E-state index in [-0.39, 0.29) is 18.9 Å². The zero-order chi connectivity index (χ0) is 19.2. The fourth-order valence-electron chi connectivity index (χ4n) is 2.33. The highest BCUT2D eigenvalue weighted by Gasteiger charge is 2.19. The van der Waals surface area contributed by atoms with Crippen LogP contribution < -0.4 is 10.2 Å². The van der Waals surface area contributed by atoms with Crippen LogP contribution in [0.4, 0.5) is 10.5 Å². The Bertz CT molecular complexity index is 715. The maximum atomic E-state index is 12.7. The van der Waals surface area contributed by atoms with Gasteiger partial charge in [0, 0.05) is 18.7 Å². The molecule has 0 fully saturated rings. The lowest BCUT2D eigenvalue weighted by atomic mass is 10.2. The second-order valence-electron chi connectivity index (χ2n) is 7.07. The predicted octanol–water partition coefficient (Wildman–Crippen LogP) is 4.04. The number of rotatable bonds is 6. The first-order valence-corrected chi connectivity index (χ1v) is 8.61. The van der Waals surface area contributed by atoms with Gasteiger partial charge in [0.1, 0.15) is 11.4 Å². The molecule has 1 aromatic heterocycles. The number of aryl methyl sites for hydroxylation is 1. The summed E-state index contributed by atoms with van der Waals surface area (Å²) in [6, 6.07) is 11.3. The number of carbonyl (C=O) groups excluding carboxylic acids is 2. The minimum Gasteiger partial charge on any atom is -0.467 e. The summed E-state index contributed by atoms with van der Waals surface area (Å²) < 4.78 is 10.5. The third-order valence-electron chi connectivity index (χ3n) is 3.55. The van der Waals surface area contributed by atoms with Crippen molar-refractivity contribution in [3.05, 3.63) is 54.0 Å². The molecule has 0 atom stereocenters. The number of hydrogen-bond acceptors (Lipinski definition) is 4. The number of ether oxygens (including phenoxy) is 1. The second kappa shape index (κ2) is 8.56. The van der Waals surface area contributed by atoms with Crippen LogP contribution >= 0.6 is 0 Å². The van der Waals surface area contributed by atoms with Crippen molar-refractivity contribution < 1.29 is 18.7 Å². The van der Waals surface area contributed by atoms with E-state index in [2.05, 4.69) is 5.32 Å². The number of furan rings is 1. The minimum atomic E-state index is -0.568. The molecule has 2 aromatic rings. The second-order valence-corrected chi connectivity index (χ2v) is 7.07. The van der Waals surface area contributed by atoms with Crippen LogP contribution in [0.3, 0.4) is 0 Å². The van der Waals surface area contributed by atoms with Gasteiger partial charge in [-0.3, -0.25) is 4.79 Å². The van der Waals surface area contributed by atoms with E-state index in [0.717, 1.165) is 11.3 Å². The van der Waals surface area contributed by atoms with Crippen molar-refractivity contribution in [2.24, 2.45) is 0 Å². The van der Waals surface area contributed by atoms with Crippen LogP contribution in [-0.4, -0.2) is 24.1 Å². The maximum Gasteiger partial charge on any atom is 0.407 e. The number of benzene rings is 1. The molecule has 0 bridgehead atoms. The summed E-state index contributed by atoms with van der Waals surface area (Å²) in [7, 11) is 0. The molecule has 0 spiro atoms. The van der Waals surface area contributed by atoms with Crippen molar-refractivity contribution in [2.75, 3.05) is 11.4 Å². The summed E-state index contributed by atoms with van der Waals surface area (Å²) >= 11 is 0. The predicted molar refractivity (Wildman–Crippen MR) is 99.9 cm³/mol. The standard InChI is InChI=1S/C20H26N2O4/c1-15-7-9-16(10-8-15)22(14-17-6-5-13-25-17)18(23)11-12-21-19(24)26-20(2,3)4/h5-10,13H,11-12,14H2,1-4H3,(H,21,24). The molecule has 140 valence electrons. The van der Waals surface area contributed by atoms with Gasteiger partial charge in [-0.25, -0.2) is 4.79 Å². The van der Waals surface area contributed by atoms with Crippen LogP contribution in [0, 0.1) is 6.92 Å². The lowest BCUT2D eigenvalue weighted by molar-refractivity contribution is -0.118. The summed E-state index contributed by atoms with van der Waals surface area (Å²) in [5.74, 6) is 0.584. The zero-order valence-corrected chi connectivity index (χ0v) is 15.7. The van der Waals surface area contributed by atoms with Gasteiger partial charge < -0.3 is 19.4 Å². The zero-order valence-electron chi connectivity index (χ0n) is 15.7. The van der Waals surface area contributed by atoms with Crippen LogP contribution in [0.15, 0.2) is 47.1 Å². The van der Waals surface area contributed by atoms with Gasteiger partial charge in [0.2, 0.25) is 5.91 Å². The number of hydrogen-bond donors (Lipinski definition) is 1. The van der Waals surface area contributed by atoms with E-state index >= 15 is 0 Å². The molecule has 1 heterocycles. The molecule has 1 aromatic carbocycles. The fraction of sp³-hybridized carbons (Fsp3) is 0.400. The van der Waals surface area contributed by atoms with Gasteiger partial charge in [0.05, 0.1) is 12.8 Å². The first-order valence-electron chi connectivity index (χ1n) is 8.61. The lowest BCUT2D eigenvalue weighted by Gasteiger charge is -2.23. The largest absolute Gasteiger partial charge is 0.467 e. The average molecular weight is 358 g/mol. The Morgan fingerprint density at radius 3 is 2.42 bits per heavy atom. The Morgan fingerprint density at radius 1 is 1.15 bits per heavy atom. The molecule has 0 aliphatic rings. The topological polar surface area (TPSA) is 71.8 Å². The molecule has 0 radical (unpaired) electrons. The van der Waals surface area contributed by atoms with Gasteiger partial charge in [-0.15, -0.1) is 0 Å². The van der Waals surface area contributed by atoms with Crippen LogP contribution in [0.1, 0.15) is 38.5 Å². The lowest BCUT2D eigenvalue weighted by Crippen LogP contribution is -2.36. The van der Waals surface area contributed by atoms with E-state index in [1.54, 1.807) is 38.0 Å². The summed E-state index contributed by atoms with van der Waals surface area (Å²) in [6.07, 6.45) is 1.21. The highest BCUT2D eigenvalue weighted by Crippen LogP contribution is 2.19. The Kier molecular flexibility index (Phi) is 6.44. The normalized spacial score (nSPS) is 11.1. The van der Waals surface area contributed by atoms with Crippen LogP contribution in [-0.2, 0) is 16.1 Å². The smallest absolute Gasteiger partial charge is 0.407 e. The molecule has 6 nitrogen and oxygen atoms in total. The molecule has 6 heteroatoms. The van der Waals surface area contributed by atoms with E-state index in [0.29, 0.717) is 12.3 Å². The molecule has 2 rings (SSSR count). The Balaban J connectivity index is 1.99. The van der Waals surface area contributed by atoms with Gasteiger partial charge >= 0.3 is 6.09 Å². The summed E-state index contributed by atoms with van der Waals surface area (Å²) in [5, 5.41) is 2.61. The quantitative estimate of drug-likeness (QED) is 0.846. The van der Waals surface area contributed by atoms with Crippen molar-refractivity contribution >= 4 is 17.7 Å². The van der Waals surface area contributed by atoms with Gasteiger partial charge in [-0.1, -0.05) is 17.7 Å². The summed E-state index contributed by atoms with van der Waals surface area (Å²) in [5.41, 5.74) is 1.33. The highest BCUT2D eigenvalue weighted by atomic mass is 16.6. The number of carbonyl (C=O) groups is 2. The third kappa shape index (κ3) is 6.27. The first-order chi connectivity index (χ1) is 12.2. The van der Waals surface area contributed by atoms with Crippen molar-refractivity contribution in [1.82, 2.24) is 5.32 Å². The van der Waals surface area contributed by atoms with Crippen molar-refractivity contribution in [2.45, 2.75) is 46.3 Å². The van der Waals surface area contributed by atoms with E-state index in [9.17, 15) is 9.59 Å². The Morgan fingerprint density at radius 2 is 1.85 bits per heavy atom. The number of nitrogens with zero attached hydrogens (tertiary/aromatic N) is 1. The SMILES string of the molecule is Cc1ccc(N(Cc2ccco2)C(=O)CCNC(=O)OC(C)(C)C)cc1. The number of amides is 2. The first kappa shape index (κ1) is 19.6. The molecular weight excluding hydrogens is 332 g/mol. The van der Waals surface area contributed by atoms with Gasteiger partial charge in [-0.2, -0.15) is 0 Å².